The molecule has 26 heavy (non-hydrogen) atoms. The van der Waals surface area contributed by atoms with Crippen molar-refractivity contribution in [1.29, 1.82) is 0 Å². The molecule has 0 bridgehead atoms. The molecule has 1 aromatic heterocycles. The lowest BCUT2D eigenvalue weighted by atomic mass is 9.87. The Kier molecular flexibility index (Phi) is 8.84. The van der Waals surface area contributed by atoms with Crippen LogP contribution in [0.4, 0.5) is 4.39 Å². The third kappa shape index (κ3) is 6.51. The number of rotatable bonds is 11. The maximum absolute atomic E-state index is 13.2. The summed E-state index contributed by atoms with van der Waals surface area (Å²) in [4.78, 5) is 39.4. The molecule has 7 nitrogen and oxygen atoms in total. The lowest BCUT2D eigenvalue weighted by molar-refractivity contribution is -0.154. The number of amides is 2. The van der Waals surface area contributed by atoms with Crippen molar-refractivity contribution in [2.24, 2.45) is 11.8 Å². The van der Waals surface area contributed by atoms with Crippen molar-refractivity contribution in [3.8, 4) is 0 Å². The van der Waals surface area contributed by atoms with Crippen LogP contribution in [0.2, 0.25) is 0 Å². The molecule has 0 spiro atoms. The number of unbranched alkanes of at least 4 members (excludes halogenated alkanes) is 1. The number of pyridine rings is 1. The van der Waals surface area contributed by atoms with E-state index in [1.54, 1.807) is 13.8 Å². The van der Waals surface area contributed by atoms with Gasteiger partial charge in [0, 0.05) is 5.92 Å². The standard InChI is InChI=1S/C18H26FN3O4/c1-4-5-7-13(10-22(26)11-23)17(24)16(12(2)3)21-18(25)14-8-6-9-15(19)20-14/h6,8-9,11-13,16,26H,4-5,7,10H2,1-3H3,(H,21,25)/t13-,16+/m1/s1. The van der Waals surface area contributed by atoms with Gasteiger partial charge in [-0.2, -0.15) is 4.39 Å². The summed E-state index contributed by atoms with van der Waals surface area (Å²) in [6.45, 7) is 5.37. The molecular weight excluding hydrogens is 341 g/mol. The number of nitrogens with one attached hydrogen (secondary N) is 1. The number of hydrogen-bond acceptors (Lipinski definition) is 5. The molecule has 0 unspecified atom stereocenters. The third-order valence-corrected chi connectivity index (χ3v) is 4.05. The summed E-state index contributed by atoms with van der Waals surface area (Å²) in [6, 6.07) is 3.00. The Morgan fingerprint density at radius 1 is 1.38 bits per heavy atom. The van der Waals surface area contributed by atoms with Gasteiger partial charge in [0.15, 0.2) is 5.78 Å². The smallest absolute Gasteiger partial charge is 0.270 e. The van der Waals surface area contributed by atoms with E-state index >= 15 is 0 Å². The number of aromatic nitrogens is 1. The fourth-order valence-corrected chi connectivity index (χ4v) is 2.61. The Balaban J connectivity index is 2.95. The third-order valence-electron chi connectivity index (χ3n) is 4.05. The van der Waals surface area contributed by atoms with Crippen molar-refractivity contribution in [3.05, 3.63) is 29.8 Å². The van der Waals surface area contributed by atoms with Crippen LogP contribution >= 0.6 is 0 Å². The van der Waals surface area contributed by atoms with Crippen molar-refractivity contribution < 1.29 is 24.0 Å². The highest BCUT2D eigenvalue weighted by Crippen LogP contribution is 2.17. The molecule has 0 aliphatic carbocycles. The van der Waals surface area contributed by atoms with Crippen molar-refractivity contribution in [2.75, 3.05) is 6.54 Å². The van der Waals surface area contributed by atoms with E-state index in [1.807, 2.05) is 6.92 Å². The number of carbonyl (C=O) groups is 3. The monoisotopic (exact) mass is 367 g/mol. The van der Waals surface area contributed by atoms with Crippen molar-refractivity contribution >= 4 is 18.1 Å². The normalized spacial score (nSPS) is 13.2. The Morgan fingerprint density at radius 3 is 2.62 bits per heavy atom. The van der Waals surface area contributed by atoms with Crippen LogP contribution in [0.25, 0.3) is 0 Å². The molecule has 144 valence electrons. The number of halogens is 1. The zero-order chi connectivity index (χ0) is 19.7. The van der Waals surface area contributed by atoms with Crippen LogP contribution in [0, 0.1) is 17.8 Å². The number of hydrogen-bond donors (Lipinski definition) is 2. The highest BCUT2D eigenvalue weighted by molar-refractivity contribution is 5.97. The average molecular weight is 367 g/mol. The molecule has 2 N–H and O–H groups in total. The molecule has 1 rings (SSSR count). The second-order valence-corrected chi connectivity index (χ2v) is 6.51. The first-order valence-electron chi connectivity index (χ1n) is 8.68. The predicted octanol–water partition coefficient (Wildman–Crippen LogP) is 2.20. The zero-order valence-corrected chi connectivity index (χ0v) is 15.3. The van der Waals surface area contributed by atoms with E-state index in [-0.39, 0.29) is 30.3 Å². The summed E-state index contributed by atoms with van der Waals surface area (Å²) in [7, 11) is 0. The van der Waals surface area contributed by atoms with Crippen LogP contribution in [0.3, 0.4) is 0 Å². The first-order valence-corrected chi connectivity index (χ1v) is 8.68. The van der Waals surface area contributed by atoms with Crippen LogP contribution < -0.4 is 5.32 Å². The van der Waals surface area contributed by atoms with Crippen LogP contribution in [0.5, 0.6) is 0 Å². The Bertz CT molecular complexity index is 624. The van der Waals surface area contributed by atoms with Gasteiger partial charge in [0.25, 0.3) is 5.91 Å². The molecule has 0 radical (unpaired) electrons. The molecule has 0 saturated carbocycles. The maximum Gasteiger partial charge on any atom is 0.270 e. The number of hydroxylamine groups is 2. The van der Waals surface area contributed by atoms with E-state index < -0.39 is 23.8 Å². The first kappa shape index (κ1) is 21.7. The van der Waals surface area contributed by atoms with Gasteiger partial charge in [0.05, 0.1) is 12.6 Å². The molecule has 2 atom stereocenters. The lowest BCUT2D eigenvalue weighted by Crippen LogP contribution is -2.48. The Labute approximate surface area is 152 Å². The summed E-state index contributed by atoms with van der Waals surface area (Å²) in [5, 5.41) is 12.5. The van der Waals surface area contributed by atoms with E-state index in [0.29, 0.717) is 11.5 Å². The molecule has 0 saturated heterocycles. The van der Waals surface area contributed by atoms with Gasteiger partial charge < -0.3 is 5.32 Å². The van der Waals surface area contributed by atoms with Crippen molar-refractivity contribution in [2.45, 2.75) is 46.1 Å². The molecule has 8 heteroatoms. The van der Waals surface area contributed by atoms with Gasteiger partial charge in [-0.1, -0.05) is 39.7 Å². The number of nitrogens with zero attached hydrogens (tertiary/aromatic N) is 2. The summed E-state index contributed by atoms with van der Waals surface area (Å²) >= 11 is 0. The molecule has 0 aliphatic heterocycles. The summed E-state index contributed by atoms with van der Waals surface area (Å²) in [5.74, 6) is -2.56. The molecule has 0 aliphatic rings. The quantitative estimate of drug-likeness (QED) is 0.270. The minimum Gasteiger partial charge on any atom is -0.341 e. The zero-order valence-electron chi connectivity index (χ0n) is 15.3. The molecule has 0 fully saturated rings. The number of carbonyl (C=O) groups excluding carboxylic acids is 3. The van der Waals surface area contributed by atoms with Gasteiger partial charge in [-0.25, -0.2) is 10.0 Å². The lowest BCUT2D eigenvalue weighted by Gasteiger charge is -2.27. The van der Waals surface area contributed by atoms with E-state index in [0.717, 1.165) is 18.9 Å². The SMILES string of the molecule is CCCC[C@H](CN(O)C=O)C(=O)[C@@H](NC(=O)c1cccc(F)n1)C(C)C. The maximum atomic E-state index is 13.2. The van der Waals surface area contributed by atoms with Crippen LogP contribution in [-0.4, -0.2) is 45.9 Å². The molecule has 1 aromatic rings. The summed E-state index contributed by atoms with van der Waals surface area (Å²) in [5.41, 5.74) is -0.120. The van der Waals surface area contributed by atoms with Gasteiger partial charge in [0.1, 0.15) is 5.69 Å². The molecule has 1 heterocycles. The van der Waals surface area contributed by atoms with E-state index in [1.165, 1.54) is 12.1 Å². The molecule has 0 aromatic carbocycles. The largest absolute Gasteiger partial charge is 0.341 e. The van der Waals surface area contributed by atoms with Crippen LogP contribution in [0.15, 0.2) is 18.2 Å². The minimum absolute atomic E-state index is 0.120. The first-order chi connectivity index (χ1) is 12.3. The second-order valence-electron chi connectivity index (χ2n) is 6.51. The van der Waals surface area contributed by atoms with Crippen LogP contribution in [-0.2, 0) is 9.59 Å². The Morgan fingerprint density at radius 2 is 2.08 bits per heavy atom. The number of ketones is 1. The van der Waals surface area contributed by atoms with Crippen molar-refractivity contribution in [3.63, 3.8) is 0 Å². The van der Waals surface area contributed by atoms with E-state index in [4.69, 9.17) is 0 Å². The Hall–Kier alpha value is -2.35. The van der Waals surface area contributed by atoms with Gasteiger partial charge in [-0.3, -0.25) is 19.6 Å². The molecular formula is C18H26FN3O4. The van der Waals surface area contributed by atoms with Gasteiger partial charge in [-0.05, 0) is 24.5 Å². The topological polar surface area (TPSA) is 99.6 Å². The van der Waals surface area contributed by atoms with E-state index in [2.05, 4.69) is 10.3 Å². The van der Waals surface area contributed by atoms with Gasteiger partial charge in [-0.15, -0.1) is 0 Å². The summed E-state index contributed by atoms with van der Waals surface area (Å²) in [6.07, 6.45) is 2.32. The van der Waals surface area contributed by atoms with Crippen molar-refractivity contribution in [1.82, 2.24) is 15.4 Å². The van der Waals surface area contributed by atoms with Crippen LogP contribution in [0.1, 0.15) is 50.5 Å². The fraction of sp³-hybridized carbons (Fsp3) is 0.556. The highest BCUT2D eigenvalue weighted by atomic mass is 19.1. The predicted molar refractivity (Wildman–Crippen MR) is 92.9 cm³/mol. The highest BCUT2D eigenvalue weighted by Gasteiger charge is 2.31. The summed E-state index contributed by atoms with van der Waals surface area (Å²) < 4.78 is 13.2. The average Bonchev–Trinajstić information content (AvgIpc) is 2.61. The molecule has 2 amide bonds. The minimum atomic E-state index is -0.838. The van der Waals surface area contributed by atoms with Gasteiger partial charge >= 0.3 is 0 Å². The van der Waals surface area contributed by atoms with Gasteiger partial charge in [0.2, 0.25) is 12.4 Å². The fourth-order valence-electron chi connectivity index (χ4n) is 2.61. The number of Topliss-reactive ketones (excluding diaryl/α,β-unsaturated/α-hetero) is 1. The van der Waals surface area contributed by atoms with E-state index in [9.17, 15) is 24.0 Å². The second kappa shape index (κ2) is 10.6.